The van der Waals surface area contributed by atoms with Gasteiger partial charge in [0.1, 0.15) is 11.5 Å². The van der Waals surface area contributed by atoms with E-state index < -0.39 is 5.97 Å². The van der Waals surface area contributed by atoms with E-state index in [1.807, 2.05) is 12.1 Å². The highest BCUT2D eigenvalue weighted by Gasteiger charge is 2.08. The topological polar surface area (TPSA) is 84.9 Å². The molecule has 0 radical (unpaired) electrons. The normalized spacial score (nSPS) is 11.5. The second kappa shape index (κ2) is 11.7. The maximum absolute atomic E-state index is 12.0. The minimum absolute atomic E-state index is 0.143. The SMILES string of the molecule is CCCCC(CC)COc1ccc(OCC(=O)Nc2ccc(C(=O)O)cc2)cc1. The predicted octanol–water partition coefficient (Wildman–Crippen LogP) is 5.00. The molecule has 2 aromatic carbocycles. The summed E-state index contributed by atoms with van der Waals surface area (Å²) in [6.07, 6.45) is 4.71. The summed E-state index contributed by atoms with van der Waals surface area (Å²) in [7, 11) is 0. The van der Waals surface area contributed by atoms with Crippen LogP contribution in [-0.4, -0.2) is 30.2 Å². The number of unbranched alkanes of at least 4 members (excludes halogenated alkanes) is 1. The number of amides is 1. The van der Waals surface area contributed by atoms with Crippen molar-refractivity contribution >= 4 is 17.6 Å². The summed E-state index contributed by atoms with van der Waals surface area (Å²) in [4.78, 5) is 22.8. The predicted molar refractivity (Wildman–Crippen MR) is 113 cm³/mol. The minimum Gasteiger partial charge on any atom is -0.493 e. The van der Waals surface area contributed by atoms with Gasteiger partial charge in [0.15, 0.2) is 6.61 Å². The Morgan fingerprint density at radius 2 is 1.59 bits per heavy atom. The number of carboxylic acids is 1. The fourth-order valence-electron chi connectivity index (χ4n) is 2.79. The van der Waals surface area contributed by atoms with E-state index in [9.17, 15) is 9.59 Å². The zero-order chi connectivity index (χ0) is 21.1. The second-order valence-corrected chi connectivity index (χ2v) is 6.92. The van der Waals surface area contributed by atoms with Gasteiger partial charge in [-0.05, 0) is 60.9 Å². The van der Waals surface area contributed by atoms with Crippen LogP contribution in [0.1, 0.15) is 49.9 Å². The lowest BCUT2D eigenvalue weighted by molar-refractivity contribution is -0.118. The molecule has 6 heteroatoms. The zero-order valence-electron chi connectivity index (χ0n) is 17.0. The lowest BCUT2D eigenvalue weighted by atomic mass is 10.0. The highest BCUT2D eigenvalue weighted by molar-refractivity contribution is 5.93. The quantitative estimate of drug-likeness (QED) is 0.525. The van der Waals surface area contributed by atoms with Crippen molar-refractivity contribution in [2.75, 3.05) is 18.5 Å². The molecule has 0 aliphatic heterocycles. The van der Waals surface area contributed by atoms with Crippen LogP contribution < -0.4 is 14.8 Å². The number of aromatic carboxylic acids is 1. The maximum Gasteiger partial charge on any atom is 0.335 e. The summed E-state index contributed by atoms with van der Waals surface area (Å²) in [5.41, 5.74) is 0.679. The first-order chi connectivity index (χ1) is 14.0. The number of carbonyl (C=O) groups is 2. The number of nitrogens with one attached hydrogen (secondary N) is 1. The Labute approximate surface area is 171 Å². The van der Waals surface area contributed by atoms with Crippen LogP contribution in [0.4, 0.5) is 5.69 Å². The first-order valence-electron chi connectivity index (χ1n) is 10.0. The lowest BCUT2D eigenvalue weighted by Gasteiger charge is -2.15. The number of hydrogen-bond acceptors (Lipinski definition) is 4. The van der Waals surface area contributed by atoms with Crippen LogP contribution >= 0.6 is 0 Å². The molecule has 0 aliphatic carbocycles. The maximum atomic E-state index is 12.0. The molecule has 0 aromatic heterocycles. The third-order valence-electron chi connectivity index (χ3n) is 4.64. The van der Waals surface area contributed by atoms with E-state index in [1.165, 1.54) is 43.5 Å². The summed E-state index contributed by atoms with van der Waals surface area (Å²) in [6.45, 7) is 4.95. The number of benzene rings is 2. The van der Waals surface area contributed by atoms with E-state index in [0.29, 0.717) is 24.0 Å². The van der Waals surface area contributed by atoms with Gasteiger partial charge >= 0.3 is 5.97 Å². The molecular formula is C23H29NO5. The number of ether oxygens (including phenoxy) is 2. The van der Waals surface area contributed by atoms with Gasteiger partial charge in [0.25, 0.3) is 5.91 Å². The molecule has 0 heterocycles. The molecule has 1 atom stereocenters. The summed E-state index contributed by atoms with van der Waals surface area (Å²) >= 11 is 0. The fraction of sp³-hybridized carbons (Fsp3) is 0.391. The Kier molecular flexibility index (Phi) is 9.02. The van der Waals surface area contributed by atoms with Crippen LogP contribution in [0.5, 0.6) is 11.5 Å². The van der Waals surface area contributed by atoms with E-state index in [2.05, 4.69) is 19.2 Å². The molecule has 2 N–H and O–H groups in total. The molecule has 1 unspecified atom stereocenters. The van der Waals surface area contributed by atoms with E-state index in [4.69, 9.17) is 14.6 Å². The molecule has 156 valence electrons. The van der Waals surface area contributed by atoms with Gasteiger partial charge in [-0.15, -0.1) is 0 Å². The number of hydrogen-bond donors (Lipinski definition) is 2. The van der Waals surface area contributed by atoms with Gasteiger partial charge in [-0.25, -0.2) is 4.79 Å². The Hall–Kier alpha value is -3.02. The molecule has 0 spiro atoms. The highest BCUT2D eigenvalue weighted by Crippen LogP contribution is 2.20. The van der Waals surface area contributed by atoms with Crippen LogP contribution in [0.25, 0.3) is 0 Å². The highest BCUT2D eigenvalue weighted by atomic mass is 16.5. The fourth-order valence-corrected chi connectivity index (χ4v) is 2.79. The first-order valence-corrected chi connectivity index (χ1v) is 10.0. The standard InChI is InChI=1S/C23H29NO5/c1-3-5-6-17(4-2)15-28-20-11-13-21(14-12-20)29-16-22(25)24-19-9-7-18(8-10-19)23(26)27/h7-14,17H,3-6,15-16H2,1-2H3,(H,24,25)(H,26,27). The van der Waals surface area contributed by atoms with Crippen molar-refractivity contribution in [3.05, 3.63) is 54.1 Å². The minimum atomic E-state index is -1.01. The van der Waals surface area contributed by atoms with Gasteiger partial charge in [-0.1, -0.05) is 33.1 Å². The summed E-state index contributed by atoms with van der Waals surface area (Å²) < 4.78 is 11.4. The lowest BCUT2D eigenvalue weighted by Crippen LogP contribution is -2.20. The van der Waals surface area contributed by atoms with E-state index in [1.54, 1.807) is 12.1 Å². The first kappa shape index (κ1) is 22.3. The van der Waals surface area contributed by atoms with E-state index >= 15 is 0 Å². The van der Waals surface area contributed by atoms with Gasteiger partial charge in [0, 0.05) is 5.69 Å². The average Bonchev–Trinajstić information content (AvgIpc) is 2.73. The van der Waals surface area contributed by atoms with Crippen molar-refractivity contribution in [2.24, 2.45) is 5.92 Å². The van der Waals surface area contributed by atoms with Crippen LogP contribution in [0.2, 0.25) is 0 Å². The van der Waals surface area contributed by atoms with Crippen LogP contribution in [0, 0.1) is 5.92 Å². The Bertz CT molecular complexity index is 771. The molecule has 2 aromatic rings. The molecule has 0 bridgehead atoms. The largest absolute Gasteiger partial charge is 0.493 e. The van der Waals surface area contributed by atoms with Crippen molar-refractivity contribution in [3.8, 4) is 11.5 Å². The molecule has 29 heavy (non-hydrogen) atoms. The average molecular weight is 399 g/mol. The Morgan fingerprint density at radius 3 is 2.14 bits per heavy atom. The van der Waals surface area contributed by atoms with Gasteiger partial charge < -0.3 is 19.9 Å². The molecule has 6 nitrogen and oxygen atoms in total. The number of rotatable bonds is 12. The van der Waals surface area contributed by atoms with Crippen molar-refractivity contribution in [2.45, 2.75) is 39.5 Å². The summed E-state index contributed by atoms with van der Waals surface area (Å²) in [5.74, 6) is 0.598. The number of carbonyl (C=O) groups excluding carboxylic acids is 1. The smallest absolute Gasteiger partial charge is 0.335 e. The molecule has 1 amide bonds. The molecule has 0 fully saturated rings. The van der Waals surface area contributed by atoms with Crippen molar-refractivity contribution in [1.29, 1.82) is 0 Å². The summed E-state index contributed by atoms with van der Waals surface area (Å²) in [6, 6.07) is 13.2. The molecule has 0 aliphatic rings. The van der Waals surface area contributed by atoms with E-state index in [-0.39, 0.29) is 18.1 Å². The zero-order valence-corrected chi connectivity index (χ0v) is 17.0. The van der Waals surface area contributed by atoms with Gasteiger partial charge in [-0.3, -0.25) is 4.79 Å². The van der Waals surface area contributed by atoms with Crippen LogP contribution in [-0.2, 0) is 4.79 Å². The number of anilines is 1. The van der Waals surface area contributed by atoms with Crippen LogP contribution in [0.3, 0.4) is 0 Å². The van der Waals surface area contributed by atoms with E-state index in [0.717, 1.165) is 12.2 Å². The third-order valence-corrected chi connectivity index (χ3v) is 4.64. The number of carboxylic acid groups (broad SMARTS) is 1. The third kappa shape index (κ3) is 7.86. The molecular weight excluding hydrogens is 370 g/mol. The molecule has 2 rings (SSSR count). The van der Waals surface area contributed by atoms with Gasteiger partial charge in [0.2, 0.25) is 0 Å². The van der Waals surface area contributed by atoms with Crippen molar-refractivity contribution in [1.82, 2.24) is 0 Å². The van der Waals surface area contributed by atoms with Gasteiger partial charge in [-0.2, -0.15) is 0 Å². The molecule has 0 saturated carbocycles. The molecule has 0 saturated heterocycles. The van der Waals surface area contributed by atoms with Crippen molar-refractivity contribution in [3.63, 3.8) is 0 Å². The van der Waals surface area contributed by atoms with Crippen molar-refractivity contribution < 1.29 is 24.2 Å². The van der Waals surface area contributed by atoms with Gasteiger partial charge in [0.05, 0.1) is 12.2 Å². The monoisotopic (exact) mass is 399 g/mol. The Balaban J connectivity index is 1.76. The Morgan fingerprint density at radius 1 is 0.966 bits per heavy atom. The summed E-state index contributed by atoms with van der Waals surface area (Å²) in [5, 5.41) is 11.5. The van der Waals surface area contributed by atoms with Crippen LogP contribution in [0.15, 0.2) is 48.5 Å². The second-order valence-electron chi connectivity index (χ2n) is 6.92.